The van der Waals surface area contributed by atoms with Gasteiger partial charge >= 0.3 is 0 Å². The van der Waals surface area contributed by atoms with Crippen molar-refractivity contribution in [2.75, 3.05) is 25.6 Å². The molecule has 1 aromatic heterocycles. The highest BCUT2D eigenvalue weighted by molar-refractivity contribution is 6.04. The molecule has 30 heavy (non-hydrogen) atoms. The molecule has 1 saturated heterocycles. The fourth-order valence-electron chi connectivity index (χ4n) is 3.59. The van der Waals surface area contributed by atoms with E-state index in [1.807, 2.05) is 12.1 Å². The topological polar surface area (TPSA) is 89.8 Å². The Balaban J connectivity index is 1.42. The lowest BCUT2D eigenvalue weighted by molar-refractivity contribution is -0.115. The molecule has 0 saturated carbocycles. The van der Waals surface area contributed by atoms with Crippen molar-refractivity contribution in [3.63, 3.8) is 0 Å². The Morgan fingerprint density at radius 3 is 2.87 bits per heavy atom. The number of amides is 2. The van der Waals surface area contributed by atoms with E-state index in [4.69, 9.17) is 13.9 Å². The number of rotatable bonds is 7. The van der Waals surface area contributed by atoms with E-state index in [0.717, 1.165) is 30.4 Å². The fraction of sp³-hybridized carbons (Fsp3) is 0.304. The van der Waals surface area contributed by atoms with Crippen LogP contribution >= 0.6 is 0 Å². The summed E-state index contributed by atoms with van der Waals surface area (Å²) in [6.07, 6.45) is 3.73. The maximum Gasteiger partial charge on any atom is 0.253 e. The first-order valence-electron chi connectivity index (χ1n) is 9.97. The number of furan rings is 1. The van der Waals surface area contributed by atoms with E-state index >= 15 is 0 Å². The summed E-state index contributed by atoms with van der Waals surface area (Å²) in [5.74, 6) is 0.228. The van der Waals surface area contributed by atoms with Crippen LogP contribution in [0.2, 0.25) is 0 Å². The molecule has 0 aliphatic carbocycles. The number of para-hydroxylation sites is 1. The number of carbonyl (C=O) groups is 2. The average molecular weight is 408 g/mol. The van der Waals surface area contributed by atoms with Crippen molar-refractivity contribution in [3.8, 4) is 5.75 Å². The van der Waals surface area contributed by atoms with E-state index in [1.165, 1.54) is 0 Å². The molecule has 2 aromatic carbocycles. The minimum absolute atomic E-state index is 0.0590. The molecule has 1 fully saturated rings. The number of benzene rings is 2. The van der Waals surface area contributed by atoms with Crippen LogP contribution in [-0.4, -0.2) is 38.2 Å². The number of hydrogen-bond acceptors (Lipinski definition) is 5. The summed E-state index contributed by atoms with van der Waals surface area (Å²) in [7, 11) is 1.59. The zero-order chi connectivity index (χ0) is 20.9. The average Bonchev–Trinajstić information content (AvgIpc) is 3.42. The van der Waals surface area contributed by atoms with Gasteiger partial charge in [0.05, 0.1) is 37.1 Å². The molecule has 0 spiro atoms. The van der Waals surface area contributed by atoms with Crippen LogP contribution in [0.5, 0.6) is 5.75 Å². The summed E-state index contributed by atoms with van der Waals surface area (Å²) < 4.78 is 16.3. The molecular formula is C23H24N2O5. The Morgan fingerprint density at radius 2 is 2.07 bits per heavy atom. The summed E-state index contributed by atoms with van der Waals surface area (Å²) in [5, 5.41) is 6.60. The van der Waals surface area contributed by atoms with E-state index in [2.05, 4.69) is 10.6 Å². The lowest BCUT2D eigenvalue weighted by Crippen LogP contribution is -2.32. The van der Waals surface area contributed by atoms with Crippen LogP contribution in [0.25, 0.3) is 11.0 Å². The third-order valence-corrected chi connectivity index (χ3v) is 5.17. The molecule has 0 radical (unpaired) electrons. The molecule has 2 N–H and O–H groups in total. The van der Waals surface area contributed by atoms with Gasteiger partial charge in [-0.15, -0.1) is 0 Å². The second-order valence-electron chi connectivity index (χ2n) is 7.24. The number of methoxy groups -OCH3 is 1. The van der Waals surface area contributed by atoms with Gasteiger partial charge in [-0.05, 0) is 37.1 Å². The van der Waals surface area contributed by atoms with E-state index in [1.54, 1.807) is 43.7 Å². The third kappa shape index (κ3) is 4.46. The Bertz CT molecular complexity index is 1050. The first-order valence-corrected chi connectivity index (χ1v) is 9.97. The monoisotopic (exact) mass is 408 g/mol. The van der Waals surface area contributed by atoms with Crippen LogP contribution in [-0.2, 0) is 16.0 Å². The Morgan fingerprint density at radius 1 is 1.20 bits per heavy atom. The van der Waals surface area contributed by atoms with Crippen LogP contribution in [0.1, 0.15) is 28.8 Å². The lowest BCUT2D eigenvalue weighted by atomic mass is 10.1. The van der Waals surface area contributed by atoms with E-state index < -0.39 is 0 Å². The summed E-state index contributed by atoms with van der Waals surface area (Å²) in [4.78, 5) is 25.3. The maximum absolute atomic E-state index is 12.7. The summed E-state index contributed by atoms with van der Waals surface area (Å²) in [6.45, 7) is 1.20. The zero-order valence-electron chi connectivity index (χ0n) is 16.8. The zero-order valence-corrected chi connectivity index (χ0v) is 16.8. The van der Waals surface area contributed by atoms with Crippen molar-refractivity contribution in [2.24, 2.45) is 0 Å². The summed E-state index contributed by atoms with van der Waals surface area (Å²) in [5.41, 5.74) is 2.32. The molecule has 1 aliphatic heterocycles. The first-order chi connectivity index (χ1) is 14.6. The van der Waals surface area contributed by atoms with Gasteiger partial charge < -0.3 is 24.5 Å². The van der Waals surface area contributed by atoms with Crippen LogP contribution in [0.4, 0.5) is 5.69 Å². The molecule has 1 unspecified atom stereocenters. The van der Waals surface area contributed by atoms with Gasteiger partial charge in [0.1, 0.15) is 11.3 Å². The van der Waals surface area contributed by atoms with Crippen molar-refractivity contribution in [2.45, 2.75) is 25.4 Å². The fourth-order valence-corrected chi connectivity index (χ4v) is 3.59. The largest absolute Gasteiger partial charge is 0.497 e. The minimum atomic E-state index is -0.234. The Kier molecular flexibility index (Phi) is 5.99. The molecule has 1 aliphatic rings. The molecule has 0 bridgehead atoms. The van der Waals surface area contributed by atoms with Gasteiger partial charge in [0.15, 0.2) is 0 Å². The van der Waals surface area contributed by atoms with E-state index in [-0.39, 0.29) is 24.3 Å². The van der Waals surface area contributed by atoms with Gasteiger partial charge in [-0.2, -0.15) is 0 Å². The maximum atomic E-state index is 12.7. The van der Waals surface area contributed by atoms with Gasteiger partial charge in [0.2, 0.25) is 5.91 Å². The summed E-state index contributed by atoms with van der Waals surface area (Å²) >= 11 is 0. The van der Waals surface area contributed by atoms with Crippen molar-refractivity contribution in [1.29, 1.82) is 0 Å². The molecule has 2 heterocycles. The predicted octanol–water partition coefficient (Wildman–Crippen LogP) is 3.53. The van der Waals surface area contributed by atoms with Crippen LogP contribution in [0.3, 0.4) is 0 Å². The lowest BCUT2D eigenvalue weighted by Gasteiger charge is -2.13. The normalized spacial score (nSPS) is 15.8. The van der Waals surface area contributed by atoms with Crippen molar-refractivity contribution < 1.29 is 23.5 Å². The second-order valence-corrected chi connectivity index (χ2v) is 7.24. The van der Waals surface area contributed by atoms with Gasteiger partial charge in [-0.1, -0.05) is 12.1 Å². The molecule has 156 valence electrons. The number of hydrogen-bond donors (Lipinski definition) is 2. The SMILES string of the molecule is COc1ccc2c(CC(=O)Nc3ccccc3C(=O)NCC3CCCO3)coc2c1. The summed E-state index contributed by atoms with van der Waals surface area (Å²) in [6, 6.07) is 12.4. The number of nitrogens with one attached hydrogen (secondary N) is 2. The first kappa shape index (κ1) is 20.0. The van der Waals surface area contributed by atoms with E-state index in [9.17, 15) is 9.59 Å². The van der Waals surface area contributed by atoms with E-state index in [0.29, 0.717) is 29.1 Å². The van der Waals surface area contributed by atoms with Gasteiger partial charge in [-0.25, -0.2) is 0 Å². The second kappa shape index (κ2) is 9.00. The number of carbonyl (C=O) groups excluding carboxylic acids is 2. The van der Waals surface area contributed by atoms with Gasteiger partial charge in [-0.3, -0.25) is 9.59 Å². The molecule has 2 amide bonds. The Labute approximate surface area is 174 Å². The number of anilines is 1. The minimum Gasteiger partial charge on any atom is -0.497 e. The van der Waals surface area contributed by atoms with Gasteiger partial charge in [0.25, 0.3) is 5.91 Å². The quantitative estimate of drug-likeness (QED) is 0.624. The predicted molar refractivity (Wildman–Crippen MR) is 113 cm³/mol. The molecular weight excluding hydrogens is 384 g/mol. The standard InChI is InChI=1S/C23H24N2O5/c1-28-16-8-9-18-15(14-30-21(18)12-16)11-22(26)25-20-7-3-2-6-19(20)23(27)24-13-17-5-4-10-29-17/h2-3,6-9,12,14,17H,4-5,10-11,13H2,1H3,(H,24,27)(H,25,26). The molecule has 3 aromatic rings. The smallest absolute Gasteiger partial charge is 0.253 e. The molecule has 7 heteroatoms. The van der Waals surface area contributed by atoms with Crippen molar-refractivity contribution >= 4 is 28.5 Å². The van der Waals surface area contributed by atoms with Crippen molar-refractivity contribution in [3.05, 3.63) is 59.9 Å². The molecule has 1 atom stereocenters. The number of fused-ring (bicyclic) bond motifs is 1. The Hall–Kier alpha value is -3.32. The van der Waals surface area contributed by atoms with Crippen LogP contribution in [0.15, 0.2) is 53.1 Å². The molecule has 4 rings (SSSR count). The highest BCUT2D eigenvalue weighted by Crippen LogP contribution is 2.26. The number of ether oxygens (including phenoxy) is 2. The van der Waals surface area contributed by atoms with Crippen molar-refractivity contribution in [1.82, 2.24) is 5.32 Å². The molecule has 7 nitrogen and oxygen atoms in total. The van der Waals surface area contributed by atoms with Crippen LogP contribution < -0.4 is 15.4 Å². The highest BCUT2D eigenvalue weighted by Gasteiger charge is 2.19. The highest BCUT2D eigenvalue weighted by atomic mass is 16.5. The van der Waals surface area contributed by atoms with Crippen LogP contribution in [0, 0.1) is 0 Å². The third-order valence-electron chi connectivity index (χ3n) is 5.17. The van der Waals surface area contributed by atoms with Gasteiger partial charge in [0, 0.05) is 30.2 Å².